The number of ether oxygens (including phenoxy) is 1. The van der Waals surface area contributed by atoms with E-state index in [4.69, 9.17) is 0 Å². The fourth-order valence-electron chi connectivity index (χ4n) is 1.36. The first-order valence-corrected chi connectivity index (χ1v) is 5.61. The van der Waals surface area contributed by atoms with Gasteiger partial charge in [-0.1, -0.05) is 19.1 Å². The topological polar surface area (TPSA) is 55.4 Å². The number of aryl methyl sites for hydroxylation is 1. The number of amides is 1. The molecule has 0 unspecified atom stereocenters. The molecular formula is C13H17NO3. The molecule has 0 aliphatic rings. The summed E-state index contributed by atoms with van der Waals surface area (Å²) < 4.78 is 4.46. The van der Waals surface area contributed by atoms with Crippen molar-refractivity contribution in [2.45, 2.75) is 26.2 Å². The second-order valence-electron chi connectivity index (χ2n) is 3.67. The number of hydrogen-bond donors (Lipinski definition) is 1. The molecule has 0 aliphatic carbocycles. The van der Waals surface area contributed by atoms with Crippen LogP contribution in [0.2, 0.25) is 0 Å². The second kappa shape index (κ2) is 6.68. The Hall–Kier alpha value is -1.84. The van der Waals surface area contributed by atoms with Crippen molar-refractivity contribution in [1.82, 2.24) is 0 Å². The van der Waals surface area contributed by atoms with Crippen molar-refractivity contribution in [1.29, 1.82) is 0 Å². The monoisotopic (exact) mass is 235 g/mol. The van der Waals surface area contributed by atoms with Gasteiger partial charge < -0.3 is 10.1 Å². The van der Waals surface area contributed by atoms with Gasteiger partial charge in [-0.2, -0.15) is 0 Å². The molecule has 0 aliphatic heterocycles. The summed E-state index contributed by atoms with van der Waals surface area (Å²) in [7, 11) is 1.31. The second-order valence-corrected chi connectivity index (χ2v) is 3.67. The van der Waals surface area contributed by atoms with Crippen molar-refractivity contribution in [3.63, 3.8) is 0 Å². The Labute approximate surface area is 101 Å². The third-order valence-corrected chi connectivity index (χ3v) is 2.43. The van der Waals surface area contributed by atoms with Crippen molar-refractivity contribution >= 4 is 17.6 Å². The van der Waals surface area contributed by atoms with E-state index in [1.165, 1.54) is 12.7 Å². The summed E-state index contributed by atoms with van der Waals surface area (Å²) in [5, 5.41) is 2.73. The molecule has 0 aromatic heterocycles. The van der Waals surface area contributed by atoms with E-state index >= 15 is 0 Å². The van der Waals surface area contributed by atoms with E-state index in [1.807, 2.05) is 24.3 Å². The summed E-state index contributed by atoms with van der Waals surface area (Å²) in [6.07, 6.45) is 1.22. The Balaban J connectivity index is 2.42. The lowest BCUT2D eigenvalue weighted by Crippen LogP contribution is -2.13. The molecule has 0 fully saturated rings. The summed E-state index contributed by atoms with van der Waals surface area (Å²) in [5.74, 6) is -0.555. The van der Waals surface area contributed by atoms with Crippen molar-refractivity contribution in [2.75, 3.05) is 12.4 Å². The zero-order valence-corrected chi connectivity index (χ0v) is 10.2. The summed E-state index contributed by atoms with van der Waals surface area (Å²) in [6.45, 7) is 2.07. The molecule has 1 amide bonds. The summed E-state index contributed by atoms with van der Waals surface area (Å²) in [6, 6.07) is 7.65. The van der Waals surface area contributed by atoms with Crippen LogP contribution >= 0.6 is 0 Å². The van der Waals surface area contributed by atoms with Gasteiger partial charge in [-0.15, -0.1) is 0 Å². The number of benzene rings is 1. The lowest BCUT2D eigenvalue weighted by atomic mass is 10.1. The molecule has 1 aromatic rings. The molecule has 92 valence electrons. The Morgan fingerprint density at radius 1 is 1.18 bits per heavy atom. The molecule has 0 bridgehead atoms. The first-order chi connectivity index (χ1) is 8.15. The zero-order chi connectivity index (χ0) is 12.7. The van der Waals surface area contributed by atoms with Gasteiger partial charge in [-0.25, -0.2) is 0 Å². The molecular weight excluding hydrogens is 218 g/mol. The van der Waals surface area contributed by atoms with Crippen molar-refractivity contribution in [3.8, 4) is 0 Å². The molecule has 1 aromatic carbocycles. The highest BCUT2D eigenvalue weighted by Gasteiger charge is 2.06. The molecule has 4 nitrogen and oxygen atoms in total. The van der Waals surface area contributed by atoms with Crippen molar-refractivity contribution in [2.24, 2.45) is 0 Å². The Kier molecular flexibility index (Phi) is 5.20. The molecule has 17 heavy (non-hydrogen) atoms. The Morgan fingerprint density at radius 2 is 1.82 bits per heavy atom. The highest BCUT2D eigenvalue weighted by atomic mass is 16.5. The SMILES string of the molecule is CCc1ccc(NC(=O)CCC(=O)OC)cc1. The highest BCUT2D eigenvalue weighted by Crippen LogP contribution is 2.10. The molecule has 0 atom stereocenters. The third-order valence-electron chi connectivity index (χ3n) is 2.43. The number of carbonyl (C=O) groups is 2. The van der Waals surface area contributed by atoms with E-state index < -0.39 is 0 Å². The molecule has 0 radical (unpaired) electrons. The molecule has 0 saturated carbocycles. The van der Waals surface area contributed by atoms with Crippen LogP contribution in [0.5, 0.6) is 0 Å². The number of rotatable bonds is 5. The standard InChI is InChI=1S/C13H17NO3/c1-3-10-4-6-11(7-5-10)14-12(15)8-9-13(16)17-2/h4-7H,3,8-9H2,1-2H3,(H,14,15). The highest BCUT2D eigenvalue weighted by molar-refractivity contribution is 5.92. The molecule has 1 N–H and O–H groups in total. The minimum atomic E-state index is -0.374. The predicted octanol–water partition coefficient (Wildman–Crippen LogP) is 2.14. The summed E-state index contributed by atoms with van der Waals surface area (Å²) in [4.78, 5) is 22.3. The lowest BCUT2D eigenvalue weighted by molar-refractivity contribution is -0.141. The maximum atomic E-state index is 11.5. The van der Waals surface area contributed by atoms with E-state index in [2.05, 4.69) is 17.0 Å². The molecule has 0 heterocycles. The smallest absolute Gasteiger partial charge is 0.306 e. The first-order valence-electron chi connectivity index (χ1n) is 5.61. The number of esters is 1. The fraction of sp³-hybridized carbons (Fsp3) is 0.385. The van der Waals surface area contributed by atoms with Gasteiger partial charge in [0.15, 0.2) is 0 Å². The van der Waals surface area contributed by atoms with Gasteiger partial charge in [0.1, 0.15) is 0 Å². The van der Waals surface area contributed by atoms with Gasteiger partial charge in [0.05, 0.1) is 13.5 Å². The van der Waals surface area contributed by atoms with Crippen LogP contribution in [0.1, 0.15) is 25.3 Å². The van der Waals surface area contributed by atoms with E-state index in [9.17, 15) is 9.59 Å². The van der Waals surface area contributed by atoms with Crippen LogP contribution in [0, 0.1) is 0 Å². The lowest BCUT2D eigenvalue weighted by Gasteiger charge is -2.05. The van der Waals surface area contributed by atoms with Crippen LogP contribution in [-0.2, 0) is 20.7 Å². The number of methoxy groups -OCH3 is 1. The van der Waals surface area contributed by atoms with Gasteiger partial charge in [0, 0.05) is 12.1 Å². The third kappa shape index (κ3) is 4.68. The number of hydrogen-bond acceptors (Lipinski definition) is 3. The average molecular weight is 235 g/mol. The average Bonchev–Trinajstić information content (AvgIpc) is 2.36. The van der Waals surface area contributed by atoms with Crippen LogP contribution < -0.4 is 5.32 Å². The normalized spacial score (nSPS) is 9.76. The number of carbonyl (C=O) groups excluding carboxylic acids is 2. The maximum absolute atomic E-state index is 11.5. The van der Waals surface area contributed by atoms with Crippen LogP contribution in [0.3, 0.4) is 0 Å². The zero-order valence-electron chi connectivity index (χ0n) is 10.2. The van der Waals surface area contributed by atoms with Crippen LogP contribution in [0.4, 0.5) is 5.69 Å². The van der Waals surface area contributed by atoms with Gasteiger partial charge >= 0.3 is 5.97 Å². The minimum Gasteiger partial charge on any atom is -0.469 e. The van der Waals surface area contributed by atoms with E-state index in [0.29, 0.717) is 0 Å². The number of anilines is 1. The van der Waals surface area contributed by atoms with Crippen molar-refractivity contribution in [3.05, 3.63) is 29.8 Å². The quantitative estimate of drug-likeness (QED) is 0.795. The van der Waals surface area contributed by atoms with Gasteiger partial charge in [0.2, 0.25) is 5.91 Å². The maximum Gasteiger partial charge on any atom is 0.306 e. The van der Waals surface area contributed by atoms with Crippen LogP contribution in [0.25, 0.3) is 0 Å². The molecule has 1 rings (SSSR count). The molecule has 4 heteroatoms. The van der Waals surface area contributed by atoms with Crippen LogP contribution in [-0.4, -0.2) is 19.0 Å². The van der Waals surface area contributed by atoms with Gasteiger partial charge in [-0.05, 0) is 24.1 Å². The summed E-state index contributed by atoms with van der Waals surface area (Å²) in [5.41, 5.74) is 1.97. The fourth-order valence-corrected chi connectivity index (χ4v) is 1.36. The van der Waals surface area contributed by atoms with E-state index in [0.717, 1.165) is 12.1 Å². The number of nitrogens with one attached hydrogen (secondary N) is 1. The largest absolute Gasteiger partial charge is 0.469 e. The summed E-state index contributed by atoms with van der Waals surface area (Å²) >= 11 is 0. The van der Waals surface area contributed by atoms with E-state index in [-0.39, 0.29) is 24.7 Å². The van der Waals surface area contributed by atoms with Gasteiger partial charge in [0.25, 0.3) is 0 Å². The van der Waals surface area contributed by atoms with E-state index in [1.54, 1.807) is 0 Å². The Bertz CT molecular complexity index is 384. The predicted molar refractivity (Wildman–Crippen MR) is 65.7 cm³/mol. The minimum absolute atomic E-state index is 0.107. The molecule has 0 spiro atoms. The van der Waals surface area contributed by atoms with Crippen molar-refractivity contribution < 1.29 is 14.3 Å². The Morgan fingerprint density at radius 3 is 2.35 bits per heavy atom. The van der Waals surface area contributed by atoms with Crippen LogP contribution in [0.15, 0.2) is 24.3 Å². The van der Waals surface area contributed by atoms with Gasteiger partial charge in [-0.3, -0.25) is 9.59 Å². The first kappa shape index (κ1) is 13.2. The molecule has 0 saturated heterocycles.